The van der Waals surface area contributed by atoms with Gasteiger partial charge in [0.1, 0.15) is 5.82 Å². The van der Waals surface area contributed by atoms with Crippen LogP contribution in [0.5, 0.6) is 0 Å². The fourth-order valence-electron chi connectivity index (χ4n) is 1.43. The van der Waals surface area contributed by atoms with Crippen molar-refractivity contribution in [3.05, 3.63) is 28.0 Å². The van der Waals surface area contributed by atoms with E-state index in [0.29, 0.717) is 16.6 Å². The van der Waals surface area contributed by atoms with Crippen molar-refractivity contribution in [3.8, 4) is 0 Å². The highest BCUT2D eigenvalue weighted by atomic mass is 79.9. The molecule has 0 aliphatic rings. The van der Waals surface area contributed by atoms with E-state index >= 15 is 0 Å². The Hall–Kier alpha value is -1.10. The number of nitrogens with two attached hydrogens (primary N) is 1. The van der Waals surface area contributed by atoms with E-state index in [1.807, 2.05) is 0 Å². The summed E-state index contributed by atoms with van der Waals surface area (Å²) in [5.74, 6) is -0.679. The Morgan fingerprint density at radius 2 is 2.18 bits per heavy atom. The Labute approximate surface area is 109 Å². The van der Waals surface area contributed by atoms with Crippen LogP contribution in [0, 0.1) is 5.82 Å². The second-order valence-electron chi connectivity index (χ2n) is 3.93. The molecule has 17 heavy (non-hydrogen) atoms. The number of halogens is 2. The molecule has 0 spiro atoms. The maximum Gasteiger partial charge on any atom is 0.254 e. The van der Waals surface area contributed by atoms with Gasteiger partial charge in [-0.3, -0.25) is 4.79 Å². The predicted octanol–water partition coefficient (Wildman–Crippen LogP) is 3.04. The van der Waals surface area contributed by atoms with E-state index in [0.717, 1.165) is 12.8 Å². The average Bonchev–Trinajstić information content (AvgIpc) is 2.29. The van der Waals surface area contributed by atoms with Crippen molar-refractivity contribution in [3.63, 3.8) is 0 Å². The number of anilines is 1. The zero-order chi connectivity index (χ0) is 13.0. The zero-order valence-corrected chi connectivity index (χ0v) is 11.6. The van der Waals surface area contributed by atoms with Gasteiger partial charge in [-0.05, 0) is 34.5 Å². The molecule has 0 aromatic heterocycles. The van der Waals surface area contributed by atoms with Gasteiger partial charge in [0.2, 0.25) is 0 Å². The maximum absolute atomic E-state index is 13.1. The van der Waals surface area contributed by atoms with Gasteiger partial charge in [0.25, 0.3) is 5.91 Å². The van der Waals surface area contributed by atoms with E-state index in [9.17, 15) is 9.18 Å². The third kappa shape index (κ3) is 3.43. The van der Waals surface area contributed by atoms with Crippen molar-refractivity contribution in [2.75, 3.05) is 19.3 Å². The minimum absolute atomic E-state index is 0.0135. The van der Waals surface area contributed by atoms with Crippen LogP contribution >= 0.6 is 15.9 Å². The van der Waals surface area contributed by atoms with Crippen molar-refractivity contribution in [2.24, 2.45) is 0 Å². The summed E-state index contributed by atoms with van der Waals surface area (Å²) in [7, 11) is 1.73. The van der Waals surface area contributed by atoms with Crippen LogP contribution in [0.15, 0.2) is 16.6 Å². The first-order chi connectivity index (χ1) is 7.97. The van der Waals surface area contributed by atoms with E-state index < -0.39 is 5.82 Å². The van der Waals surface area contributed by atoms with Gasteiger partial charge in [0.05, 0.1) is 11.3 Å². The van der Waals surface area contributed by atoms with Gasteiger partial charge in [-0.1, -0.05) is 13.3 Å². The van der Waals surface area contributed by atoms with Gasteiger partial charge in [-0.15, -0.1) is 0 Å². The Bertz CT molecular complexity index is 423. The lowest BCUT2D eigenvalue weighted by molar-refractivity contribution is 0.0792. The molecule has 0 radical (unpaired) electrons. The van der Waals surface area contributed by atoms with E-state index in [4.69, 9.17) is 5.73 Å². The van der Waals surface area contributed by atoms with Gasteiger partial charge in [-0.2, -0.15) is 0 Å². The second-order valence-corrected chi connectivity index (χ2v) is 4.79. The molecule has 1 rings (SSSR count). The summed E-state index contributed by atoms with van der Waals surface area (Å²) in [5.41, 5.74) is 5.84. The van der Waals surface area contributed by atoms with E-state index in [2.05, 4.69) is 22.9 Å². The molecule has 0 saturated heterocycles. The molecule has 0 saturated carbocycles. The zero-order valence-electron chi connectivity index (χ0n) is 9.96. The van der Waals surface area contributed by atoms with Crippen molar-refractivity contribution < 1.29 is 9.18 Å². The van der Waals surface area contributed by atoms with Crippen LogP contribution in [0.25, 0.3) is 0 Å². The predicted molar refractivity (Wildman–Crippen MR) is 70.4 cm³/mol. The number of benzene rings is 1. The summed E-state index contributed by atoms with van der Waals surface area (Å²) in [5, 5.41) is 0. The molecule has 94 valence electrons. The molecule has 1 aromatic carbocycles. The minimum Gasteiger partial charge on any atom is -0.396 e. The Balaban J connectivity index is 2.92. The third-order valence-electron chi connectivity index (χ3n) is 2.51. The van der Waals surface area contributed by atoms with Gasteiger partial charge in [-0.25, -0.2) is 4.39 Å². The Morgan fingerprint density at radius 1 is 1.53 bits per heavy atom. The molecule has 3 nitrogen and oxygen atoms in total. The normalized spacial score (nSPS) is 10.4. The Morgan fingerprint density at radius 3 is 2.76 bits per heavy atom. The van der Waals surface area contributed by atoms with Crippen LogP contribution in [-0.4, -0.2) is 24.4 Å². The smallest absolute Gasteiger partial charge is 0.254 e. The molecular formula is C12H16BrFN2O. The monoisotopic (exact) mass is 302 g/mol. The lowest BCUT2D eigenvalue weighted by Crippen LogP contribution is -2.28. The maximum atomic E-state index is 13.1. The molecule has 0 heterocycles. The van der Waals surface area contributed by atoms with Crippen LogP contribution in [0.4, 0.5) is 10.1 Å². The van der Waals surface area contributed by atoms with Crippen molar-refractivity contribution in [1.82, 2.24) is 4.90 Å². The highest BCUT2D eigenvalue weighted by molar-refractivity contribution is 9.10. The molecule has 0 bridgehead atoms. The molecule has 0 unspecified atom stereocenters. The molecule has 0 fully saturated rings. The van der Waals surface area contributed by atoms with Crippen LogP contribution in [0.2, 0.25) is 0 Å². The van der Waals surface area contributed by atoms with Crippen molar-refractivity contribution >= 4 is 27.5 Å². The molecule has 2 N–H and O–H groups in total. The summed E-state index contributed by atoms with van der Waals surface area (Å²) < 4.78 is 13.6. The van der Waals surface area contributed by atoms with Crippen LogP contribution in [0.3, 0.4) is 0 Å². The Kier molecular flexibility index (Phi) is 4.93. The number of hydrogen-bond donors (Lipinski definition) is 1. The highest BCUT2D eigenvalue weighted by Crippen LogP contribution is 2.23. The number of unbranched alkanes of at least 4 members (excludes halogenated alkanes) is 1. The van der Waals surface area contributed by atoms with E-state index in [1.54, 1.807) is 11.9 Å². The molecule has 5 heteroatoms. The lowest BCUT2D eigenvalue weighted by atomic mass is 10.1. The first-order valence-electron chi connectivity index (χ1n) is 5.47. The number of hydrogen-bond acceptors (Lipinski definition) is 2. The van der Waals surface area contributed by atoms with Gasteiger partial charge >= 0.3 is 0 Å². The quantitative estimate of drug-likeness (QED) is 0.869. The van der Waals surface area contributed by atoms with Crippen LogP contribution < -0.4 is 5.73 Å². The molecule has 1 amide bonds. The van der Waals surface area contributed by atoms with Gasteiger partial charge < -0.3 is 10.6 Å². The van der Waals surface area contributed by atoms with Crippen molar-refractivity contribution in [2.45, 2.75) is 19.8 Å². The number of carbonyl (C=O) groups excluding carboxylic acids is 1. The van der Waals surface area contributed by atoms with Gasteiger partial charge in [0, 0.05) is 18.1 Å². The number of nitrogens with zero attached hydrogens (tertiary/aromatic N) is 1. The third-order valence-corrected chi connectivity index (χ3v) is 3.17. The fourth-order valence-corrected chi connectivity index (χ4v) is 1.92. The molecule has 0 aliphatic carbocycles. The lowest BCUT2D eigenvalue weighted by Gasteiger charge is -2.18. The molecule has 0 aliphatic heterocycles. The van der Waals surface area contributed by atoms with E-state index in [1.165, 1.54) is 12.1 Å². The minimum atomic E-state index is -0.523. The summed E-state index contributed by atoms with van der Waals surface area (Å²) >= 11 is 3.18. The highest BCUT2D eigenvalue weighted by Gasteiger charge is 2.16. The first kappa shape index (κ1) is 14.0. The van der Waals surface area contributed by atoms with Crippen molar-refractivity contribution in [1.29, 1.82) is 0 Å². The number of amides is 1. The summed E-state index contributed by atoms with van der Waals surface area (Å²) in [4.78, 5) is 13.7. The second kappa shape index (κ2) is 6.00. The summed E-state index contributed by atoms with van der Waals surface area (Å²) in [6.45, 7) is 2.74. The standard InChI is InChI=1S/C12H16BrFN2O/c1-3-4-5-16(2)12(17)8-6-11(15)10(14)7-9(8)13/h6-7H,3-5,15H2,1-2H3. The number of nitrogen functional groups attached to an aromatic ring is 1. The summed E-state index contributed by atoms with van der Waals surface area (Å²) in [6.07, 6.45) is 1.96. The molecule has 1 aromatic rings. The largest absolute Gasteiger partial charge is 0.396 e. The topological polar surface area (TPSA) is 46.3 Å². The number of carbonyl (C=O) groups is 1. The molecule has 0 atom stereocenters. The van der Waals surface area contributed by atoms with Crippen LogP contribution in [0.1, 0.15) is 30.1 Å². The number of rotatable bonds is 4. The van der Waals surface area contributed by atoms with E-state index in [-0.39, 0.29) is 11.6 Å². The fraction of sp³-hybridized carbons (Fsp3) is 0.417. The average molecular weight is 303 g/mol. The first-order valence-corrected chi connectivity index (χ1v) is 6.26. The van der Waals surface area contributed by atoms with Crippen LogP contribution in [-0.2, 0) is 0 Å². The SMILES string of the molecule is CCCCN(C)C(=O)c1cc(N)c(F)cc1Br. The molecular weight excluding hydrogens is 287 g/mol. The van der Waals surface area contributed by atoms with Gasteiger partial charge in [0.15, 0.2) is 0 Å². The summed E-state index contributed by atoms with van der Waals surface area (Å²) in [6, 6.07) is 2.58.